The van der Waals surface area contributed by atoms with Gasteiger partial charge in [-0.25, -0.2) is 31.0 Å². The predicted octanol–water partition coefficient (Wildman–Crippen LogP) is 2.08. The summed E-state index contributed by atoms with van der Waals surface area (Å²) in [5.41, 5.74) is 1.29. The van der Waals surface area contributed by atoms with E-state index in [1.165, 1.54) is 4.57 Å². The molecular formula is C24H22FN5O6S3. The Morgan fingerprint density at radius 2 is 1.97 bits per heavy atom. The molecule has 3 heterocycles. The van der Waals surface area contributed by atoms with Crippen molar-refractivity contribution in [3.05, 3.63) is 70.2 Å². The number of oxazole rings is 1. The molecule has 15 heteroatoms. The molecule has 1 aliphatic heterocycles. The van der Waals surface area contributed by atoms with Crippen LogP contribution in [0.25, 0.3) is 11.1 Å². The largest absolute Gasteiger partial charge is 0.420 e. The molecule has 0 aliphatic carbocycles. The topological polar surface area (TPSA) is 144 Å². The molecule has 0 spiro atoms. The molecule has 0 saturated carbocycles. The highest BCUT2D eigenvalue weighted by Gasteiger charge is 2.26. The number of sulfone groups is 1. The number of benzene rings is 2. The Labute approximate surface area is 227 Å². The third-order valence-electron chi connectivity index (χ3n) is 6.30. The normalized spacial score (nSPS) is 16.5. The summed E-state index contributed by atoms with van der Waals surface area (Å²) in [4.78, 5) is 17.9. The van der Waals surface area contributed by atoms with E-state index < -0.39 is 42.4 Å². The molecule has 0 unspecified atom stereocenters. The Morgan fingerprint density at radius 1 is 1.23 bits per heavy atom. The highest BCUT2D eigenvalue weighted by molar-refractivity contribution is 7.93. The summed E-state index contributed by atoms with van der Waals surface area (Å²) in [6.07, 6.45) is 1.16. The fourth-order valence-electron chi connectivity index (χ4n) is 4.27. The number of nitrogens with zero attached hydrogens (tertiary/aromatic N) is 4. The Morgan fingerprint density at radius 3 is 2.69 bits per heavy atom. The molecule has 5 rings (SSSR count). The van der Waals surface area contributed by atoms with Gasteiger partial charge < -0.3 is 4.42 Å². The van der Waals surface area contributed by atoms with E-state index in [9.17, 15) is 21.6 Å². The summed E-state index contributed by atoms with van der Waals surface area (Å²) in [6.45, 7) is 2.96. The van der Waals surface area contributed by atoms with E-state index in [2.05, 4.69) is 25.9 Å². The fraction of sp³-hybridized carbons (Fsp3) is 0.292. The first kappa shape index (κ1) is 27.0. The first-order valence-corrected chi connectivity index (χ1v) is 15.8. The summed E-state index contributed by atoms with van der Waals surface area (Å²) < 4.78 is 76.2. The number of rotatable bonds is 6. The number of aromatic nitrogens is 3. The second-order valence-electron chi connectivity index (χ2n) is 8.83. The van der Waals surface area contributed by atoms with E-state index in [4.69, 9.17) is 4.42 Å². The smallest absolute Gasteiger partial charge is 0.408 e. The van der Waals surface area contributed by atoms with E-state index in [1.54, 1.807) is 31.2 Å². The molecule has 0 bridgehead atoms. The Balaban J connectivity index is 1.44. The molecule has 39 heavy (non-hydrogen) atoms. The molecule has 4 aromatic rings. The summed E-state index contributed by atoms with van der Waals surface area (Å²) in [5.74, 6) is 4.52. The molecule has 1 fully saturated rings. The van der Waals surface area contributed by atoms with Crippen LogP contribution in [-0.2, 0) is 19.9 Å². The van der Waals surface area contributed by atoms with E-state index in [0.29, 0.717) is 30.8 Å². The minimum Gasteiger partial charge on any atom is -0.408 e. The lowest BCUT2D eigenvalue weighted by atomic mass is 10.0. The van der Waals surface area contributed by atoms with Crippen molar-refractivity contribution in [2.75, 3.05) is 35.9 Å². The van der Waals surface area contributed by atoms with Crippen LogP contribution in [-0.4, -0.2) is 66.8 Å². The highest BCUT2D eigenvalue weighted by atomic mass is 32.2. The minimum atomic E-state index is -4.36. The van der Waals surface area contributed by atoms with Crippen molar-refractivity contribution in [3.63, 3.8) is 0 Å². The van der Waals surface area contributed by atoms with Gasteiger partial charge in [0, 0.05) is 42.3 Å². The second kappa shape index (κ2) is 10.5. The van der Waals surface area contributed by atoms with Gasteiger partial charge in [-0.3, -0.25) is 14.2 Å². The van der Waals surface area contributed by atoms with Crippen LogP contribution < -0.4 is 10.5 Å². The quantitative estimate of drug-likeness (QED) is 0.333. The number of sulfonamides is 1. The molecule has 1 N–H and O–H groups in total. The lowest BCUT2D eigenvalue weighted by Gasteiger charge is -2.24. The maximum atomic E-state index is 15.1. The van der Waals surface area contributed by atoms with Gasteiger partial charge in [-0.05, 0) is 18.6 Å². The van der Waals surface area contributed by atoms with Crippen molar-refractivity contribution < 1.29 is 25.6 Å². The van der Waals surface area contributed by atoms with Gasteiger partial charge in [-0.2, -0.15) is 4.37 Å². The van der Waals surface area contributed by atoms with Crippen molar-refractivity contribution in [3.8, 4) is 11.8 Å². The van der Waals surface area contributed by atoms with Gasteiger partial charge >= 0.3 is 5.76 Å². The lowest BCUT2D eigenvalue weighted by molar-refractivity contribution is 0.332. The van der Waals surface area contributed by atoms with Gasteiger partial charge in [0.05, 0.1) is 29.6 Å². The van der Waals surface area contributed by atoms with Gasteiger partial charge in [0.2, 0.25) is 5.13 Å². The van der Waals surface area contributed by atoms with E-state index in [-0.39, 0.29) is 27.7 Å². The van der Waals surface area contributed by atoms with Crippen LogP contribution in [0.2, 0.25) is 0 Å². The van der Waals surface area contributed by atoms with Gasteiger partial charge in [0.15, 0.2) is 15.4 Å². The van der Waals surface area contributed by atoms with Crippen molar-refractivity contribution >= 4 is 47.6 Å². The van der Waals surface area contributed by atoms with Crippen LogP contribution in [0.1, 0.15) is 24.1 Å². The number of nitrogens with one attached hydrogen (secondary N) is 1. The van der Waals surface area contributed by atoms with Crippen molar-refractivity contribution in [2.24, 2.45) is 0 Å². The molecular weight excluding hydrogens is 569 g/mol. The van der Waals surface area contributed by atoms with E-state index >= 15 is 4.39 Å². The highest BCUT2D eigenvalue weighted by Crippen LogP contribution is 2.29. The zero-order valence-corrected chi connectivity index (χ0v) is 22.9. The SMILES string of the molecule is C[C@H](c1ccccc1C#CCN1CCS(=O)(=O)CC1)n1c(=O)oc2cc(S(=O)(=O)Nc3ncns3)c(F)cc21. The van der Waals surface area contributed by atoms with E-state index in [1.807, 2.05) is 4.90 Å². The molecule has 2 aromatic carbocycles. The van der Waals surface area contributed by atoms with Crippen LogP contribution in [0.15, 0.2) is 56.8 Å². The molecule has 0 amide bonds. The zero-order valence-electron chi connectivity index (χ0n) is 20.5. The summed E-state index contributed by atoms with van der Waals surface area (Å²) in [6, 6.07) is 8.43. The monoisotopic (exact) mass is 591 g/mol. The first-order chi connectivity index (χ1) is 18.5. The molecule has 1 saturated heterocycles. The Kier molecular flexibility index (Phi) is 7.29. The summed E-state index contributed by atoms with van der Waals surface area (Å²) in [5, 5.41) is -0.0369. The van der Waals surface area contributed by atoms with Crippen LogP contribution in [0.3, 0.4) is 0 Å². The Bertz CT molecular complexity index is 1860. The number of hydrogen-bond donors (Lipinski definition) is 1. The number of fused-ring (bicyclic) bond motifs is 1. The van der Waals surface area contributed by atoms with Crippen molar-refractivity contribution in [2.45, 2.75) is 17.9 Å². The molecule has 1 aliphatic rings. The standard InChI is InChI=1S/C24H22FN5O6S3/c1-16(18-7-3-2-5-17(18)6-4-8-29-9-11-38(32,33)12-10-29)30-20-13-19(25)22(14-21(20)36-24(30)31)39(34,35)28-23-26-15-27-37-23/h2-3,5,7,13-16H,8-12H2,1H3,(H,26,27,28)/t16-/m1/s1. The molecule has 1 atom stereocenters. The second-order valence-corrected chi connectivity index (χ2v) is 13.6. The van der Waals surface area contributed by atoms with Gasteiger partial charge in [0.25, 0.3) is 10.0 Å². The number of halogens is 1. The number of hydrogen-bond acceptors (Lipinski definition) is 10. The first-order valence-electron chi connectivity index (χ1n) is 11.7. The van der Waals surface area contributed by atoms with Crippen LogP contribution in [0, 0.1) is 17.7 Å². The van der Waals surface area contributed by atoms with E-state index in [0.717, 1.165) is 30.0 Å². The van der Waals surface area contributed by atoms with Crippen LogP contribution in [0.4, 0.5) is 9.52 Å². The van der Waals surface area contributed by atoms with Gasteiger partial charge in [-0.15, -0.1) is 0 Å². The zero-order chi connectivity index (χ0) is 27.8. The third-order valence-corrected chi connectivity index (χ3v) is 9.97. The minimum absolute atomic E-state index is 0.0369. The van der Waals surface area contributed by atoms with Gasteiger partial charge in [0.1, 0.15) is 17.0 Å². The van der Waals surface area contributed by atoms with Crippen LogP contribution >= 0.6 is 11.5 Å². The number of anilines is 1. The lowest BCUT2D eigenvalue weighted by Crippen LogP contribution is -2.40. The maximum Gasteiger partial charge on any atom is 0.420 e. The third kappa shape index (κ3) is 5.74. The Hall–Kier alpha value is -3.58. The predicted molar refractivity (Wildman–Crippen MR) is 143 cm³/mol. The van der Waals surface area contributed by atoms with Gasteiger partial charge in [-0.1, -0.05) is 30.0 Å². The van der Waals surface area contributed by atoms with Crippen molar-refractivity contribution in [1.29, 1.82) is 0 Å². The van der Waals surface area contributed by atoms with Crippen molar-refractivity contribution in [1.82, 2.24) is 18.8 Å². The average Bonchev–Trinajstić information content (AvgIpc) is 3.50. The molecule has 0 radical (unpaired) electrons. The van der Waals surface area contributed by atoms with Crippen LogP contribution in [0.5, 0.6) is 0 Å². The summed E-state index contributed by atoms with van der Waals surface area (Å²) >= 11 is 0.788. The summed E-state index contributed by atoms with van der Waals surface area (Å²) in [7, 11) is -7.34. The molecule has 11 nitrogen and oxygen atoms in total. The molecule has 2 aromatic heterocycles. The fourth-order valence-corrected chi connectivity index (χ4v) is 7.28. The molecule has 204 valence electrons. The maximum absolute atomic E-state index is 15.1. The average molecular weight is 592 g/mol.